The van der Waals surface area contributed by atoms with Gasteiger partial charge in [0.15, 0.2) is 0 Å². The number of hydrogen-bond acceptors (Lipinski definition) is 2. The summed E-state index contributed by atoms with van der Waals surface area (Å²) in [6.45, 7) is 4.45. The van der Waals surface area contributed by atoms with Gasteiger partial charge in [-0.2, -0.15) is 0 Å². The zero-order chi connectivity index (χ0) is 16.6. The molecule has 1 aliphatic heterocycles. The van der Waals surface area contributed by atoms with Gasteiger partial charge in [-0.05, 0) is 24.3 Å². The van der Waals surface area contributed by atoms with E-state index in [4.69, 9.17) is 0 Å². The molecule has 1 aliphatic carbocycles. The molecule has 1 N–H and O–H groups in total. The van der Waals surface area contributed by atoms with Crippen LogP contribution in [0.15, 0.2) is 42.6 Å². The Morgan fingerprint density at radius 2 is 1.75 bits per heavy atom. The maximum Gasteiger partial charge on any atom is 0.321 e. The zero-order valence-electron chi connectivity index (χ0n) is 14.5. The fourth-order valence-corrected chi connectivity index (χ4v) is 3.62. The number of piperazine rings is 1. The normalized spacial score (nSPS) is 20.4. The predicted octanol–water partition coefficient (Wildman–Crippen LogP) is 3.61. The van der Waals surface area contributed by atoms with Gasteiger partial charge in [-0.15, -0.1) is 0 Å². The Labute approximate surface area is 145 Å². The van der Waals surface area contributed by atoms with Crippen molar-refractivity contribution >= 4 is 6.03 Å². The van der Waals surface area contributed by atoms with Crippen molar-refractivity contribution in [3.63, 3.8) is 0 Å². The summed E-state index contributed by atoms with van der Waals surface area (Å²) in [7, 11) is 0. The molecule has 2 amide bonds. The highest BCUT2D eigenvalue weighted by atomic mass is 16.2. The van der Waals surface area contributed by atoms with Gasteiger partial charge in [-0.3, -0.25) is 4.90 Å². The van der Waals surface area contributed by atoms with Gasteiger partial charge < -0.3 is 10.2 Å². The van der Waals surface area contributed by atoms with Gasteiger partial charge in [0, 0.05) is 38.9 Å². The quantitative estimate of drug-likeness (QED) is 0.917. The van der Waals surface area contributed by atoms with E-state index in [-0.39, 0.29) is 6.03 Å². The Balaban J connectivity index is 1.37. The van der Waals surface area contributed by atoms with E-state index < -0.39 is 0 Å². The van der Waals surface area contributed by atoms with Crippen molar-refractivity contribution in [2.75, 3.05) is 26.2 Å². The SMILES string of the molecule is O=C(N/C=C/C1CCCCC1)N1CCN(Cc2ccccc2)CC1. The lowest BCUT2D eigenvalue weighted by Crippen LogP contribution is -2.50. The van der Waals surface area contributed by atoms with Crippen LogP contribution in [-0.4, -0.2) is 42.0 Å². The van der Waals surface area contributed by atoms with Crippen LogP contribution in [0.2, 0.25) is 0 Å². The molecule has 24 heavy (non-hydrogen) atoms. The minimum atomic E-state index is 0.0430. The first-order valence-corrected chi connectivity index (χ1v) is 9.29. The molecule has 0 atom stereocenters. The van der Waals surface area contributed by atoms with Crippen LogP contribution in [0.25, 0.3) is 0 Å². The number of allylic oxidation sites excluding steroid dienone is 1. The third-order valence-electron chi connectivity index (χ3n) is 5.13. The number of carbonyl (C=O) groups excluding carboxylic acids is 1. The van der Waals surface area contributed by atoms with E-state index in [2.05, 4.69) is 40.6 Å². The number of hydrogen-bond donors (Lipinski definition) is 1. The van der Waals surface area contributed by atoms with E-state index in [1.807, 2.05) is 17.2 Å². The fraction of sp³-hybridized carbons (Fsp3) is 0.550. The van der Waals surface area contributed by atoms with Crippen LogP contribution < -0.4 is 5.32 Å². The van der Waals surface area contributed by atoms with Crippen molar-refractivity contribution in [2.45, 2.75) is 38.6 Å². The minimum absolute atomic E-state index is 0.0430. The van der Waals surface area contributed by atoms with Crippen LogP contribution in [0.5, 0.6) is 0 Å². The average molecular weight is 327 g/mol. The Bertz CT molecular complexity index is 529. The maximum atomic E-state index is 12.2. The molecular weight excluding hydrogens is 298 g/mol. The first kappa shape index (κ1) is 17.0. The molecule has 1 aromatic rings. The van der Waals surface area contributed by atoms with Gasteiger partial charge in [0.05, 0.1) is 0 Å². The van der Waals surface area contributed by atoms with Crippen molar-refractivity contribution in [2.24, 2.45) is 5.92 Å². The lowest BCUT2D eigenvalue weighted by molar-refractivity contribution is 0.137. The van der Waals surface area contributed by atoms with E-state index in [0.29, 0.717) is 5.92 Å². The molecule has 2 aliphatic rings. The van der Waals surface area contributed by atoms with Crippen molar-refractivity contribution in [1.29, 1.82) is 0 Å². The molecule has 0 aromatic heterocycles. The van der Waals surface area contributed by atoms with Gasteiger partial charge in [-0.1, -0.05) is 55.7 Å². The van der Waals surface area contributed by atoms with E-state index >= 15 is 0 Å². The van der Waals surface area contributed by atoms with E-state index in [1.165, 1.54) is 37.7 Å². The number of urea groups is 1. The molecule has 4 heteroatoms. The summed E-state index contributed by atoms with van der Waals surface area (Å²) in [5, 5.41) is 2.95. The lowest BCUT2D eigenvalue weighted by atomic mass is 9.89. The highest BCUT2D eigenvalue weighted by Crippen LogP contribution is 2.24. The van der Waals surface area contributed by atoms with Crippen molar-refractivity contribution < 1.29 is 4.79 Å². The zero-order valence-corrected chi connectivity index (χ0v) is 14.5. The number of amides is 2. The second-order valence-electron chi connectivity index (χ2n) is 6.96. The summed E-state index contributed by atoms with van der Waals surface area (Å²) in [5.74, 6) is 0.654. The number of benzene rings is 1. The maximum absolute atomic E-state index is 12.2. The lowest BCUT2D eigenvalue weighted by Gasteiger charge is -2.34. The van der Waals surface area contributed by atoms with E-state index in [9.17, 15) is 4.79 Å². The topological polar surface area (TPSA) is 35.6 Å². The Hall–Kier alpha value is -1.81. The molecular formula is C20H29N3O. The average Bonchev–Trinajstić information content (AvgIpc) is 2.64. The third kappa shape index (κ3) is 5.10. The monoisotopic (exact) mass is 327 g/mol. The first-order valence-electron chi connectivity index (χ1n) is 9.29. The predicted molar refractivity (Wildman–Crippen MR) is 97.5 cm³/mol. The highest BCUT2D eigenvalue weighted by molar-refractivity contribution is 5.75. The second kappa shape index (κ2) is 8.88. The second-order valence-corrected chi connectivity index (χ2v) is 6.96. The van der Waals surface area contributed by atoms with Gasteiger partial charge in [0.25, 0.3) is 0 Å². The molecule has 0 unspecified atom stereocenters. The van der Waals surface area contributed by atoms with Gasteiger partial charge in [0.1, 0.15) is 0 Å². The summed E-state index contributed by atoms with van der Waals surface area (Å²) in [4.78, 5) is 16.6. The summed E-state index contributed by atoms with van der Waals surface area (Å²) in [5.41, 5.74) is 1.34. The molecule has 130 valence electrons. The first-order chi connectivity index (χ1) is 11.8. The molecule has 3 rings (SSSR count). The smallest absolute Gasteiger partial charge is 0.321 e. The van der Waals surface area contributed by atoms with Crippen molar-refractivity contribution in [3.8, 4) is 0 Å². The molecule has 1 heterocycles. The summed E-state index contributed by atoms with van der Waals surface area (Å²) >= 11 is 0. The molecule has 1 saturated carbocycles. The van der Waals surface area contributed by atoms with Crippen LogP contribution in [0.1, 0.15) is 37.7 Å². The summed E-state index contributed by atoms with van der Waals surface area (Å²) in [6, 6.07) is 10.6. The largest absolute Gasteiger partial charge is 0.322 e. The molecule has 1 aromatic carbocycles. The number of carbonyl (C=O) groups is 1. The Morgan fingerprint density at radius 3 is 2.46 bits per heavy atom. The fourth-order valence-electron chi connectivity index (χ4n) is 3.62. The van der Waals surface area contributed by atoms with E-state index in [0.717, 1.165) is 32.7 Å². The minimum Gasteiger partial charge on any atom is -0.322 e. The van der Waals surface area contributed by atoms with Crippen molar-refractivity contribution in [3.05, 3.63) is 48.2 Å². The third-order valence-corrected chi connectivity index (χ3v) is 5.13. The summed E-state index contributed by atoms with van der Waals surface area (Å²) in [6.07, 6.45) is 10.6. The number of nitrogens with one attached hydrogen (secondary N) is 1. The standard InChI is InChI=1S/C20H29N3O/c24-20(21-12-11-18-7-3-1-4-8-18)23-15-13-22(14-16-23)17-19-9-5-2-6-10-19/h2,5-6,9-12,18H,1,3-4,7-8,13-17H2,(H,21,24)/b12-11+. The number of rotatable bonds is 4. The molecule has 1 saturated heterocycles. The van der Waals surface area contributed by atoms with Crippen LogP contribution in [0.3, 0.4) is 0 Å². The molecule has 2 fully saturated rings. The molecule has 4 nitrogen and oxygen atoms in total. The van der Waals surface area contributed by atoms with Gasteiger partial charge in [-0.25, -0.2) is 4.79 Å². The van der Waals surface area contributed by atoms with Crippen LogP contribution in [0, 0.1) is 5.92 Å². The van der Waals surface area contributed by atoms with E-state index in [1.54, 1.807) is 0 Å². The summed E-state index contributed by atoms with van der Waals surface area (Å²) < 4.78 is 0. The van der Waals surface area contributed by atoms with Gasteiger partial charge in [0.2, 0.25) is 0 Å². The molecule has 0 spiro atoms. The highest BCUT2D eigenvalue weighted by Gasteiger charge is 2.20. The van der Waals surface area contributed by atoms with Crippen LogP contribution in [-0.2, 0) is 6.54 Å². The van der Waals surface area contributed by atoms with Crippen LogP contribution in [0.4, 0.5) is 4.79 Å². The van der Waals surface area contributed by atoms with Crippen molar-refractivity contribution in [1.82, 2.24) is 15.1 Å². The van der Waals surface area contributed by atoms with Gasteiger partial charge >= 0.3 is 6.03 Å². The Morgan fingerprint density at radius 1 is 1.04 bits per heavy atom. The Kier molecular flexibility index (Phi) is 6.30. The molecule has 0 bridgehead atoms. The number of nitrogens with zero attached hydrogens (tertiary/aromatic N) is 2. The van der Waals surface area contributed by atoms with Crippen LogP contribution >= 0.6 is 0 Å². The molecule has 0 radical (unpaired) electrons.